The lowest BCUT2D eigenvalue weighted by atomic mass is 9.95. The summed E-state index contributed by atoms with van der Waals surface area (Å²) in [5, 5.41) is 3.73. The van der Waals surface area contributed by atoms with Gasteiger partial charge in [-0.15, -0.1) is 0 Å². The molecule has 3 rings (SSSR count). The normalized spacial score (nSPS) is 30.5. The van der Waals surface area contributed by atoms with E-state index in [1.165, 1.54) is 31.2 Å². The summed E-state index contributed by atoms with van der Waals surface area (Å²) in [5.74, 6) is 1.00. The molecule has 1 aromatic carbocycles. The fourth-order valence-corrected chi connectivity index (χ4v) is 3.91. The van der Waals surface area contributed by atoms with Crippen LogP contribution in [0.4, 0.5) is 0 Å². The maximum atomic E-state index is 5.52. The zero-order valence-electron chi connectivity index (χ0n) is 12.8. The van der Waals surface area contributed by atoms with Crippen molar-refractivity contribution < 1.29 is 4.74 Å². The third-order valence-electron chi connectivity index (χ3n) is 5.22. The van der Waals surface area contributed by atoms with Crippen molar-refractivity contribution in [2.75, 3.05) is 14.2 Å². The summed E-state index contributed by atoms with van der Waals surface area (Å²) in [6.45, 7) is 2.29. The Hall–Kier alpha value is -1.06. The topological polar surface area (TPSA) is 24.5 Å². The number of rotatable bonds is 4. The van der Waals surface area contributed by atoms with Gasteiger partial charge in [0.25, 0.3) is 0 Å². The van der Waals surface area contributed by atoms with Crippen LogP contribution in [0.15, 0.2) is 24.3 Å². The van der Waals surface area contributed by atoms with E-state index in [0.717, 1.165) is 17.8 Å². The molecule has 3 nitrogen and oxygen atoms in total. The van der Waals surface area contributed by atoms with Gasteiger partial charge in [-0.2, -0.15) is 0 Å². The molecule has 0 aliphatic carbocycles. The minimum Gasteiger partial charge on any atom is -0.496 e. The zero-order chi connectivity index (χ0) is 14.1. The summed E-state index contributed by atoms with van der Waals surface area (Å²) in [4.78, 5) is 2.55. The molecule has 2 aliphatic rings. The molecule has 0 saturated carbocycles. The second-order valence-electron chi connectivity index (χ2n) is 6.35. The van der Waals surface area contributed by atoms with Crippen molar-refractivity contribution in [3.8, 4) is 5.75 Å². The van der Waals surface area contributed by atoms with Gasteiger partial charge >= 0.3 is 0 Å². The van der Waals surface area contributed by atoms with Gasteiger partial charge in [-0.05, 0) is 45.7 Å². The molecule has 2 bridgehead atoms. The Kier molecular flexibility index (Phi) is 3.99. The third-order valence-corrected chi connectivity index (χ3v) is 5.22. The number of piperidine rings is 1. The predicted molar refractivity (Wildman–Crippen MR) is 82.1 cm³/mol. The van der Waals surface area contributed by atoms with Gasteiger partial charge in [0, 0.05) is 29.7 Å². The highest BCUT2D eigenvalue weighted by Crippen LogP contribution is 2.35. The fourth-order valence-electron chi connectivity index (χ4n) is 3.91. The quantitative estimate of drug-likeness (QED) is 0.913. The Bertz CT molecular complexity index is 450. The largest absolute Gasteiger partial charge is 0.496 e. The van der Waals surface area contributed by atoms with Crippen LogP contribution in [0, 0.1) is 0 Å². The van der Waals surface area contributed by atoms with E-state index in [0.29, 0.717) is 12.1 Å². The first-order chi connectivity index (χ1) is 9.69. The molecule has 0 radical (unpaired) electrons. The molecule has 2 fully saturated rings. The monoisotopic (exact) mass is 274 g/mol. The van der Waals surface area contributed by atoms with Crippen molar-refractivity contribution in [1.29, 1.82) is 0 Å². The van der Waals surface area contributed by atoms with Crippen LogP contribution in [0.1, 0.15) is 44.2 Å². The highest BCUT2D eigenvalue weighted by Gasteiger charge is 2.36. The number of hydrogen-bond donors (Lipinski definition) is 1. The Labute approximate surface area is 122 Å². The lowest BCUT2D eigenvalue weighted by molar-refractivity contribution is 0.131. The van der Waals surface area contributed by atoms with Gasteiger partial charge in [-0.3, -0.25) is 4.90 Å². The summed E-state index contributed by atoms with van der Waals surface area (Å²) in [7, 11) is 4.03. The molecule has 3 unspecified atom stereocenters. The van der Waals surface area contributed by atoms with Crippen molar-refractivity contribution in [2.45, 2.75) is 56.8 Å². The van der Waals surface area contributed by atoms with E-state index < -0.39 is 0 Å². The maximum absolute atomic E-state index is 5.52. The first-order valence-electron chi connectivity index (χ1n) is 7.80. The van der Waals surface area contributed by atoms with Crippen molar-refractivity contribution in [1.82, 2.24) is 10.2 Å². The van der Waals surface area contributed by atoms with E-state index in [1.807, 2.05) is 6.07 Å². The third kappa shape index (κ3) is 2.57. The number of nitrogens with zero attached hydrogens (tertiary/aromatic N) is 1. The van der Waals surface area contributed by atoms with Gasteiger partial charge < -0.3 is 10.1 Å². The van der Waals surface area contributed by atoms with E-state index in [9.17, 15) is 0 Å². The van der Waals surface area contributed by atoms with Crippen molar-refractivity contribution in [3.63, 3.8) is 0 Å². The molecule has 3 atom stereocenters. The average molecular weight is 274 g/mol. The Morgan fingerprint density at radius 2 is 1.85 bits per heavy atom. The van der Waals surface area contributed by atoms with Gasteiger partial charge in [0.05, 0.1) is 7.11 Å². The molecule has 0 amide bonds. The van der Waals surface area contributed by atoms with Crippen LogP contribution in [0.3, 0.4) is 0 Å². The number of methoxy groups -OCH3 is 1. The standard InChI is InChI=1S/C17H26N2O/c1-12(16-6-4-5-7-17(16)20-3)19(2)15-10-13-8-9-14(11-15)18-13/h4-7,12-15,18H,8-11H2,1-3H3. The molecule has 0 spiro atoms. The van der Waals surface area contributed by atoms with E-state index in [4.69, 9.17) is 4.74 Å². The van der Waals surface area contributed by atoms with E-state index >= 15 is 0 Å². The van der Waals surface area contributed by atoms with Crippen molar-refractivity contribution in [2.24, 2.45) is 0 Å². The summed E-state index contributed by atoms with van der Waals surface area (Å²) >= 11 is 0. The number of fused-ring (bicyclic) bond motifs is 2. The van der Waals surface area contributed by atoms with Gasteiger partial charge in [0.15, 0.2) is 0 Å². The summed E-state index contributed by atoms with van der Waals surface area (Å²) in [5.41, 5.74) is 1.29. The molecule has 2 heterocycles. The summed E-state index contributed by atoms with van der Waals surface area (Å²) < 4.78 is 5.52. The van der Waals surface area contributed by atoms with E-state index in [1.54, 1.807) is 7.11 Å². The molecular weight excluding hydrogens is 248 g/mol. The summed E-state index contributed by atoms with van der Waals surface area (Å²) in [6, 6.07) is 11.0. The minimum atomic E-state index is 0.397. The van der Waals surface area contributed by atoms with Crippen LogP contribution >= 0.6 is 0 Å². The number of para-hydroxylation sites is 1. The van der Waals surface area contributed by atoms with Gasteiger partial charge in [-0.25, -0.2) is 0 Å². The molecular formula is C17H26N2O. The van der Waals surface area contributed by atoms with Gasteiger partial charge in [-0.1, -0.05) is 18.2 Å². The second-order valence-corrected chi connectivity index (χ2v) is 6.35. The van der Waals surface area contributed by atoms with Crippen LogP contribution in [0.25, 0.3) is 0 Å². The molecule has 2 saturated heterocycles. The SMILES string of the molecule is COc1ccccc1C(C)N(C)C1CC2CCC(C1)N2. The number of hydrogen-bond acceptors (Lipinski definition) is 3. The lowest BCUT2D eigenvalue weighted by Crippen LogP contribution is -2.47. The second kappa shape index (κ2) is 5.74. The molecule has 1 aromatic rings. The van der Waals surface area contributed by atoms with Gasteiger partial charge in [0.1, 0.15) is 5.75 Å². The van der Waals surface area contributed by atoms with Crippen LogP contribution in [-0.4, -0.2) is 37.2 Å². The number of benzene rings is 1. The van der Waals surface area contributed by atoms with Crippen LogP contribution in [0.5, 0.6) is 5.75 Å². The fraction of sp³-hybridized carbons (Fsp3) is 0.647. The maximum Gasteiger partial charge on any atom is 0.123 e. The minimum absolute atomic E-state index is 0.397. The Morgan fingerprint density at radius 1 is 1.20 bits per heavy atom. The molecule has 110 valence electrons. The number of ether oxygens (including phenoxy) is 1. The van der Waals surface area contributed by atoms with Crippen LogP contribution < -0.4 is 10.1 Å². The zero-order valence-corrected chi connectivity index (χ0v) is 12.8. The molecule has 3 heteroatoms. The number of nitrogens with one attached hydrogen (secondary N) is 1. The molecule has 20 heavy (non-hydrogen) atoms. The van der Waals surface area contributed by atoms with E-state index in [-0.39, 0.29) is 0 Å². The lowest BCUT2D eigenvalue weighted by Gasteiger charge is -2.39. The predicted octanol–water partition coefficient (Wildman–Crippen LogP) is 2.97. The summed E-state index contributed by atoms with van der Waals surface area (Å²) in [6.07, 6.45) is 5.29. The van der Waals surface area contributed by atoms with Crippen molar-refractivity contribution in [3.05, 3.63) is 29.8 Å². The first kappa shape index (κ1) is 13.9. The molecule has 2 aliphatic heterocycles. The smallest absolute Gasteiger partial charge is 0.123 e. The highest BCUT2D eigenvalue weighted by molar-refractivity contribution is 5.35. The average Bonchev–Trinajstić information content (AvgIpc) is 2.84. The Morgan fingerprint density at radius 3 is 2.50 bits per heavy atom. The Balaban J connectivity index is 1.74. The van der Waals surface area contributed by atoms with Crippen LogP contribution in [0.2, 0.25) is 0 Å². The van der Waals surface area contributed by atoms with E-state index in [2.05, 4.69) is 42.4 Å². The highest BCUT2D eigenvalue weighted by atomic mass is 16.5. The molecule has 0 aromatic heterocycles. The van der Waals surface area contributed by atoms with Crippen molar-refractivity contribution >= 4 is 0 Å². The van der Waals surface area contributed by atoms with Crippen LogP contribution in [-0.2, 0) is 0 Å². The first-order valence-corrected chi connectivity index (χ1v) is 7.80. The molecule has 1 N–H and O–H groups in total. The van der Waals surface area contributed by atoms with Gasteiger partial charge in [0.2, 0.25) is 0 Å².